The molecule has 124 valence electrons. The van der Waals surface area contributed by atoms with Gasteiger partial charge in [-0.15, -0.1) is 0 Å². The Hall–Kier alpha value is -0.0800. The minimum Gasteiger partial charge on any atom is -0.312 e. The molecule has 0 aromatic carbocycles. The fourth-order valence-electron chi connectivity index (χ4n) is 4.87. The molecule has 0 aromatic rings. The van der Waals surface area contributed by atoms with Gasteiger partial charge in [0.2, 0.25) is 0 Å². The first-order valence-corrected chi connectivity index (χ1v) is 9.51. The van der Waals surface area contributed by atoms with E-state index in [1.165, 1.54) is 51.6 Å². The number of likely N-dealkylation sites (N-methyl/N-ethyl adjacent to an activating group) is 1. The molecule has 1 saturated carbocycles. The minimum atomic E-state index is 0.345. The van der Waals surface area contributed by atoms with Crippen molar-refractivity contribution in [2.75, 3.05) is 19.6 Å². The summed E-state index contributed by atoms with van der Waals surface area (Å²) < 4.78 is 0. The molecule has 2 fully saturated rings. The Morgan fingerprint density at radius 1 is 1.10 bits per heavy atom. The van der Waals surface area contributed by atoms with Crippen LogP contribution >= 0.6 is 0 Å². The lowest BCUT2D eigenvalue weighted by molar-refractivity contribution is 0.0346. The summed E-state index contributed by atoms with van der Waals surface area (Å²) in [6, 6.07) is 0.667. The largest absolute Gasteiger partial charge is 0.312 e. The molecule has 0 amide bonds. The first-order valence-electron chi connectivity index (χ1n) is 9.51. The van der Waals surface area contributed by atoms with Gasteiger partial charge < -0.3 is 5.32 Å². The van der Waals surface area contributed by atoms with E-state index in [1.54, 1.807) is 0 Å². The van der Waals surface area contributed by atoms with Gasteiger partial charge in [0.15, 0.2) is 0 Å². The average Bonchev–Trinajstić information content (AvgIpc) is 3.02. The Labute approximate surface area is 133 Å². The molecule has 1 aliphatic heterocycles. The third-order valence-electron chi connectivity index (χ3n) is 6.75. The molecule has 21 heavy (non-hydrogen) atoms. The summed E-state index contributed by atoms with van der Waals surface area (Å²) in [5.41, 5.74) is 0.345. The van der Waals surface area contributed by atoms with Gasteiger partial charge in [0.25, 0.3) is 0 Å². The van der Waals surface area contributed by atoms with Crippen molar-refractivity contribution in [1.29, 1.82) is 0 Å². The van der Waals surface area contributed by atoms with Crippen LogP contribution in [0.15, 0.2) is 0 Å². The molecule has 0 spiro atoms. The number of hydrogen-bond donors (Lipinski definition) is 1. The SMILES string of the molecule is CCNC(C1CCC(C)C(C)C1)C(C)(CC)N1CCCC1. The maximum atomic E-state index is 3.91. The second-order valence-electron chi connectivity index (χ2n) is 7.97. The number of rotatable bonds is 6. The van der Waals surface area contributed by atoms with Crippen molar-refractivity contribution in [3.63, 3.8) is 0 Å². The van der Waals surface area contributed by atoms with Crippen molar-refractivity contribution in [3.05, 3.63) is 0 Å². The predicted molar refractivity (Wildman–Crippen MR) is 92.6 cm³/mol. The van der Waals surface area contributed by atoms with Crippen molar-refractivity contribution in [3.8, 4) is 0 Å². The summed E-state index contributed by atoms with van der Waals surface area (Å²) in [4.78, 5) is 2.79. The molecular formula is C19H38N2. The van der Waals surface area contributed by atoms with Gasteiger partial charge in [0, 0.05) is 11.6 Å². The molecular weight excluding hydrogens is 256 g/mol. The zero-order valence-electron chi connectivity index (χ0n) is 15.1. The van der Waals surface area contributed by atoms with Crippen LogP contribution in [0.3, 0.4) is 0 Å². The summed E-state index contributed by atoms with van der Waals surface area (Å²) in [6.07, 6.45) is 8.33. The lowest BCUT2D eigenvalue weighted by atomic mass is 9.68. The third kappa shape index (κ3) is 3.64. The van der Waals surface area contributed by atoms with Crippen LogP contribution in [0.5, 0.6) is 0 Å². The summed E-state index contributed by atoms with van der Waals surface area (Å²) in [7, 11) is 0. The molecule has 5 unspecified atom stereocenters. The van der Waals surface area contributed by atoms with E-state index in [9.17, 15) is 0 Å². The number of likely N-dealkylation sites (tertiary alicyclic amines) is 1. The van der Waals surface area contributed by atoms with Gasteiger partial charge in [-0.2, -0.15) is 0 Å². The van der Waals surface area contributed by atoms with Crippen molar-refractivity contribution in [1.82, 2.24) is 10.2 Å². The Morgan fingerprint density at radius 2 is 1.76 bits per heavy atom. The van der Waals surface area contributed by atoms with Crippen LogP contribution in [-0.4, -0.2) is 36.1 Å². The molecule has 1 heterocycles. The highest BCUT2D eigenvalue weighted by Crippen LogP contribution is 2.40. The molecule has 0 radical (unpaired) electrons. The van der Waals surface area contributed by atoms with Crippen molar-refractivity contribution < 1.29 is 0 Å². The molecule has 1 aliphatic carbocycles. The van der Waals surface area contributed by atoms with E-state index >= 15 is 0 Å². The lowest BCUT2D eigenvalue weighted by Crippen LogP contribution is -2.62. The van der Waals surface area contributed by atoms with Crippen LogP contribution in [-0.2, 0) is 0 Å². The molecule has 1 saturated heterocycles. The van der Waals surface area contributed by atoms with Crippen LogP contribution in [0, 0.1) is 17.8 Å². The van der Waals surface area contributed by atoms with Gasteiger partial charge in [0.1, 0.15) is 0 Å². The summed E-state index contributed by atoms with van der Waals surface area (Å²) in [5, 5.41) is 3.91. The fourth-order valence-corrected chi connectivity index (χ4v) is 4.87. The third-order valence-corrected chi connectivity index (χ3v) is 6.75. The highest BCUT2D eigenvalue weighted by molar-refractivity contribution is 5.02. The van der Waals surface area contributed by atoms with Gasteiger partial charge in [-0.3, -0.25) is 4.90 Å². The van der Waals surface area contributed by atoms with Gasteiger partial charge >= 0.3 is 0 Å². The first kappa shape index (κ1) is 17.3. The highest BCUT2D eigenvalue weighted by Gasteiger charge is 2.44. The maximum absolute atomic E-state index is 3.91. The molecule has 0 aromatic heterocycles. The molecule has 1 N–H and O–H groups in total. The standard InChI is InChI=1S/C19H38N2/c1-6-19(5,21-12-8-9-13-21)18(20-7-2)17-11-10-15(3)16(4)14-17/h15-18,20H,6-14H2,1-5H3. The quantitative estimate of drug-likeness (QED) is 0.785. The van der Waals surface area contributed by atoms with Gasteiger partial charge in [-0.1, -0.05) is 34.1 Å². The highest BCUT2D eigenvalue weighted by atomic mass is 15.2. The molecule has 5 atom stereocenters. The van der Waals surface area contributed by atoms with Crippen molar-refractivity contribution in [2.24, 2.45) is 17.8 Å². The zero-order valence-corrected chi connectivity index (χ0v) is 15.1. The second-order valence-corrected chi connectivity index (χ2v) is 7.97. The fraction of sp³-hybridized carbons (Fsp3) is 1.00. The average molecular weight is 295 g/mol. The number of nitrogens with zero attached hydrogens (tertiary/aromatic N) is 1. The van der Waals surface area contributed by atoms with E-state index in [0.29, 0.717) is 11.6 Å². The maximum Gasteiger partial charge on any atom is 0.0334 e. The lowest BCUT2D eigenvalue weighted by Gasteiger charge is -2.50. The van der Waals surface area contributed by atoms with Crippen LogP contribution in [0.25, 0.3) is 0 Å². The normalized spacial score (nSPS) is 35.6. The van der Waals surface area contributed by atoms with Crippen molar-refractivity contribution in [2.45, 2.75) is 84.7 Å². The Balaban J connectivity index is 2.15. The van der Waals surface area contributed by atoms with E-state index < -0.39 is 0 Å². The zero-order chi connectivity index (χ0) is 15.5. The first-order chi connectivity index (χ1) is 10.0. The molecule has 2 rings (SSSR count). The van der Waals surface area contributed by atoms with Gasteiger partial charge in [-0.25, -0.2) is 0 Å². The van der Waals surface area contributed by atoms with E-state index in [1.807, 2.05) is 0 Å². The summed E-state index contributed by atoms with van der Waals surface area (Å²) in [5.74, 6) is 2.68. The summed E-state index contributed by atoms with van der Waals surface area (Å²) in [6.45, 7) is 15.9. The molecule has 2 heteroatoms. The predicted octanol–water partition coefficient (Wildman–Crippen LogP) is 4.30. The molecule has 2 aliphatic rings. The topological polar surface area (TPSA) is 15.3 Å². The smallest absolute Gasteiger partial charge is 0.0334 e. The van der Waals surface area contributed by atoms with Crippen LogP contribution in [0.4, 0.5) is 0 Å². The molecule has 0 bridgehead atoms. The number of nitrogens with one attached hydrogen (secondary N) is 1. The van der Waals surface area contributed by atoms with Crippen LogP contribution in [0.2, 0.25) is 0 Å². The van der Waals surface area contributed by atoms with E-state index in [4.69, 9.17) is 0 Å². The Bertz CT molecular complexity index is 311. The van der Waals surface area contributed by atoms with E-state index in [2.05, 4.69) is 44.8 Å². The number of hydrogen-bond acceptors (Lipinski definition) is 2. The van der Waals surface area contributed by atoms with E-state index in [-0.39, 0.29) is 0 Å². The van der Waals surface area contributed by atoms with Gasteiger partial charge in [0.05, 0.1) is 0 Å². The Morgan fingerprint density at radius 3 is 2.29 bits per heavy atom. The summed E-state index contributed by atoms with van der Waals surface area (Å²) >= 11 is 0. The van der Waals surface area contributed by atoms with E-state index in [0.717, 1.165) is 24.3 Å². The van der Waals surface area contributed by atoms with Gasteiger partial charge in [-0.05, 0) is 76.4 Å². The molecule has 2 nitrogen and oxygen atoms in total. The van der Waals surface area contributed by atoms with Crippen LogP contribution in [0.1, 0.15) is 73.1 Å². The van der Waals surface area contributed by atoms with Crippen molar-refractivity contribution >= 4 is 0 Å². The second kappa shape index (κ2) is 7.46. The van der Waals surface area contributed by atoms with Crippen LogP contribution < -0.4 is 5.32 Å². The monoisotopic (exact) mass is 294 g/mol. The minimum absolute atomic E-state index is 0.345. The Kier molecular flexibility index (Phi) is 6.14.